The molecular weight excluding hydrogens is 206 g/mol. The molecule has 90 valence electrons. The fraction of sp³-hybridized carbons (Fsp3) is 0.636. The van der Waals surface area contributed by atoms with Crippen molar-refractivity contribution in [3.63, 3.8) is 0 Å². The lowest BCUT2D eigenvalue weighted by atomic mass is 10.2. The van der Waals surface area contributed by atoms with Crippen molar-refractivity contribution in [1.29, 1.82) is 0 Å². The van der Waals surface area contributed by atoms with Gasteiger partial charge in [-0.1, -0.05) is 0 Å². The van der Waals surface area contributed by atoms with Gasteiger partial charge in [-0.25, -0.2) is 4.98 Å². The first-order valence-electron chi connectivity index (χ1n) is 5.35. The Kier molecular flexibility index (Phi) is 4.49. The van der Waals surface area contributed by atoms with Gasteiger partial charge < -0.3 is 15.2 Å². The molecule has 0 aliphatic carbocycles. The van der Waals surface area contributed by atoms with Crippen LogP contribution >= 0.6 is 0 Å². The SMILES string of the molecule is COc1cc(C)nc(NC(C)CC(C)O)n1. The third-order valence-corrected chi connectivity index (χ3v) is 2.11. The molecule has 2 atom stereocenters. The summed E-state index contributed by atoms with van der Waals surface area (Å²) in [6.07, 6.45) is 0.314. The van der Waals surface area contributed by atoms with E-state index in [1.54, 1.807) is 20.1 Å². The average molecular weight is 225 g/mol. The number of methoxy groups -OCH3 is 1. The number of rotatable bonds is 5. The van der Waals surface area contributed by atoms with E-state index >= 15 is 0 Å². The van der Waals surface area contributed by atoms with Crippen molar-refractivity contribution in [3.05, 3.63) is 11.8 Å². The Hall–Kier alpha value is -1.36. The molecule has 1 aromatic heterocycles. The second-order valence-corrected chi connectivity index (χ2v) is 4.01. The van der Waals surface area contributed by atoms with Crippen LogP contribution in [0.25, 0.3) is 0 Å². The molecule has 0 radical (unpaired) electrons. The van der Waals surface area contributed by atoms with Gasteiger partial charge >= 0.3 is 0 Å². The summed E-state index contributed by atoms with van der Waals surface area (Å²) >= 11 is 0. The van der Waals surface area contributed by atoms with Crippen LogP contribution in [0.2, 0.25) is 0 Å². The highest BCUT2D eigenvalue weighted by Crippen LogP contribution is 2.12. The van der Waals surface area contributed by atoms with E-state index in [1.807, 2.05) is 13.8 Å². The van der Waals surface area contributed by atoms with E-state index in [9.17, 15) is 5.11 Å². The van der Waals surface area contributed by atoms with Crippen molar-refractivity contribution in [2.24, 2.45) is 0 Å². The van der Waals surface area contributed by atoms with Crippen LogP contribution in [0.5, 0.6) is 5.88 Å². The minimum absolute atomic E-state index is 0.117. The van der Waals surface area contributed by atoms with Crippen molar-refractivity contribution < 1.29 is 9.84 Å². The maximum Gasteiger partial charge on any atom is 0.226 e. The van der Waals surface area contributed by atoms with Gasteiger partial charge in [0.2, 0.25) is 11.8 Å². The molecule has 5 heteroatoms. The minimum atomic E-state index is -0.339. The number of ether oxygens (including phenoxy) is 1. The second-order valence-electron chi connectivity index (χ2n) is 4.01. The van der Waals surface area contributed by atoms with E-state index in [4.69, 9.17) is 4.74 Å². The molecule has 1 rings (SSSR count). The van der Waals surface area contributed by atoms with Crippen LogP contribution in [0.4, 0.5) is 5.95 Å². The van der Waals surface area contributed by atoms with Gasteiger partial charge in [-0.05, 0) is 27.2 Å². The number of aliphatic hydroxyl groups is 1. The predicted molar refractivity (Wildman–Crippen MR) is 62.7 cm³/mol. The fourth-order valence-corrected chi connectivity index (χ4v) is 1.50. The van der Waals surface area contributed by atoms with Gasteiger partial charge in [0.1, 0.15) is 0 Å². The van der Waals surface area contributed by atoms with Crippen LogP contribution in [0.1, 0.15) is 26.0 Å². The Labute approximate surface area is 95.9 Å². The largest absolute Gasteiger partial charge is 0.481 e. The van der Waals surface area contributed by atoms with Crippen molar-refractivity contribution >= 4 is 5.95 Å². The van der Waals surface area contributed by atoms with Crippen LogP contribution in [-0.2, 0) is 0 Å². The molecule has 0 spiro atoms. The smallest absolute Gasteiger partial charge is 0.226 e. The summed E-state index contributed by atoms with van der Waals surface area (Å²) in [5.74, 6) is 1.07. The highest BCUT2D eigenvalue weighted by Gasteiger charge is 2.08. The van der Waals surface area contributed by atoms with E-state index in [2.05, 4.69) is 15.3 Å². The molecule has 0 bridgehead atoms. The summed E-state index contributed by atoms with van der Waals surface area (Å²) < 4.78 is 5.06. The van der Waals surface area contributed by atoms with E-state index in [1.165, 1.54) is 0 Å². The standard InChI is InChI=1S/C11H19N3O2/c1-7(5-9(3)15)12-11-13-8(2)6-10(14-11)16-4/h6-7,9,15H,5H2,1-4H3,(H,12,13,14). The van der Waals surface area contributed by atoms with Crippen molar-refractivity contribution in [3.8, 4) is 5.88 Å². The summed E-state index contributed by atoms with van der Waals surface area (Å²) in [4.78, 5) is 8.42. The minimum Gasteiger partial charge on any atom is -0.481 e. The molecule has 2 N–H and O–H groups in total. The number of hydrogen-bond donors (Lipinski definition) is 2. The summed E-state index contributed by atoms with van der Waals surface area (Å²) in [5, 5.41) is 12.4. The molecule has 1 aromatic rings. The Bertz CT molecular complexity index is 342. The first-order valence-corrected chi connectivity index (χ1v) is 5.35. The molecule has 1 heterocycles. The Morgan fingerprint density at radius 2 is 2.12 bits per heavy atom. The average Bonchev–Trinajstić information content (AvgIpc) is 2.14. The molecule has 0 fully saturated rings. The lowest BCUT2D eigenvalue weighted by Crippen LogP contribution is -2.22. The maximum atomic E-state index is 9.25. The highest BCUT2D eigenvalue weighted by molar-refractivity contribution is 5.31. The van der Waals surface area contributed by atoms with Crippen LogP contribution in [0, 0.1) is 6.92 Å². The van der Waals surface area contributed by atoms with Crippen LogP contribution in [0.15, 0.2) is 6.07 Å². The number of aromatic nitrogens is 2. The van der Waals surface area contributed by atoms with Crippen LogP contribution < -0.4 is 10.1 Å². The zero-order valence-electron chi connectivity index (χ0n) is 10.2. The van der Waals surface area contributed by atoms with Gasteiger partial charge in [0, 0.05) is 17.8 Å². The topological polar surface area (TPSA) is 67.3 Å². The number of aryl methyl sites for hydroxylation is 1. The van der Waals surface area contributed by atoms with E-state index in [-0.39, 0.29) is 12.1 Å². The molecule has 0 saturated heterocycles. The quantitative estimate of drug-likeness (QED) is 0.792. The van der Waals surface area contributed by atoms with Gasteiger partial charge in [0.25, 0.3) is 0 Å². The van der Waals surface area contributed by atoms with Crippen molar-refractivity contribution in [2.45, 2.75) is 39.3 Å². The predicted octanol–water partition coefficient (Wildman–Crippen LogP) is 1.36. The van der Waals surface area contributed by atoms with Crippen LogP contribution in [0.3, 0.4) is 0 Å². The molecule has 0 aromatic carbocycles. The van der Waals surface area contributed by atoms with Crippen LogP contribution in [-0.4, -0.2) is 34.3 Å². The third-order valence-electron chi connectivity index (χ3n) is 2.11. The van der Waals surface area contributed by atoms with Gasteiger partial charge in [-0.15, -0.1) is 0 Å². The zero-order valence-corrected chi connectivity index (χ0v) is 10.2. The number of nitrogens with one attached hydrogen (secondary N) is 1. The lowest BCUT2D eigenvalue weighted by molar-refractivity contribution is 0.179. The number of nitrogens with zero attached hydrogens (tertiary/aromatic N) is 2. The molecule has 2 unspecified atom stereocenters. The zero-order chi connectivity index (χ0) is 12.1. The lowest BCUT2D eigenvalue weighted by Gasteiger charge is -2.15. The third kappa shape index (κ3) is 4.02. The number of anilines is 1. The Balaban J connectivity index is 2.69. The monoisotopic (exact) mass is 225 g/mol. The summed E-state index contributed by atoms with van der Waals surface area (Å²) in [7, 11) is 1.57. The molecular formula is C11H19N3O2. The highest BCUT2D eigenvalue weighted by atomic mass is 16.5. The van der Waals surface area contributed by atoms with Gasteiger partial charge in [-0.2, -0.15) is 4.98 Å². The van der Waals surface area contributed by atoms with Gasteiger partial charge in [-0.3, -0.25) is 0 Å². The van der Waals surface area contributed by atoms with E-state index in [0.29, 0.717) is 18.2 Å². The normalized spacial score (nSPS) is 14.3. The first kappa shape index (κ1) is 12.7. The maximum absolute atomic E-state index is 9.25. The van der Waals surface area contributed by atoms with Gasteiger partial charge in [0.15, 0.2) is 0 Å². The summed E-state index contributed by atoms with van der Waals surface area (Å²) in [6.45, 7) is 5.62. The van der Waals surface area contributed by atoms with Crippen molar-refractivity contribution in [1.82, 2.24) is 9.97 Å². The Morgan fingerprint density at radius 3 is 2.69 bits per heavy atom. The first-order chi connectivity index (χ1) is 7.51. The number of aliphatic hydroxyl groups excluding tert-OH is 1. The molecule has 0 amide bonds. The second kappa shape index (κ2) is 5.65. The van der Waals surface area contributed by atoms with E-state index < -0.39 is 0 Å². The summed E-state index contributed by atoms with van der Waals surface area (Å²) in [5.41, 5.74) is 0.846. The Morgan fingerprint density at radius 1 is 1.44 bits per heavy atom. The van der Waals surface area contributed by atoms with Crippen molar-refractivity contribution in [2.75, 3.05) is 12.4 Å². The molecule has 0 saturated carbocycles. The van der Waals surface area contributed by atoms with E-state index in [0.717, 1.165) is 5.69 Å². The van der Waals surface area contributed by atoms with Gasteiger partial charge in [0.05, 0.1) is 13.2 Å². The molecule has 16 heavy (non-hydrogen) atoms. The molecule has 5 nitrogen and oxygen atoms in total. The number of hydrogen-bond acceptors (Lipinski definition) is 5. The fourth-order valence-electron chi connectivity index (χ4n) is 1.50. The summed E-state index contributed by atoms with van der Waals surface area (Å²) in [6, 6.07) is 1.89. The molecule has 0 aliphatic heterocycles. The molecule has 0 aliphatic rings.